The first-order chi connectivity index (χ1) is 11.8. The van der Waals surface area contributed by atoms with Gasteiger partial charge in [0.1, 0.15) is 12.4 Å². The van der Waals surface area contributed by atoms with Crippen molar-refractivity contribution in [3.8, 4) is 5.75 Å². The normalized spacial score (nSPS) is 10.3. The van der Waals surface area contributed by atoms with E-state index in [0.717, 1.165) is 11.3 Å². The van der Waals surface area contributed by atoms with Crippen molar-refractivity contribution in [3.05, 3.63) is 82.3 Å². The summed E-state index contributed by atoms with van der Waals surface area (Å²) >= 11 is 1.53. The molecule has 3 aromatic rings. The lowest BCUT2D eigenvalue weighted by molar-refractivity contribution is 0.0509. The third-order valence-electron chi connectivity index (χ3n) is 3.43. The van der Waals surface area contributed by atoms with E-state index in [4.69, 9.17) is 9.47 Å². The Morgan fingerprint density at radius 1 is 1.04 bits per heavy atom. The topological polar surface area (TPSA) is 48.4 Å². The van der Waals surface area contributed by atoms with Gasteiger partial charge in [-0.2, -0.15) is 0 Å². The van der Waals surface area contributed by atoms with E-state index in [0.29, 0.717) is 30.9 Å². The van der Waals surface area contributed by atoms with Crippen LogP contribution < -0.4 is 4.74 Å². The van der Waals surface area contributed by atoms with E-state index >= 15 is 0 Å². The second-order valence-electron chi connectivity index (χ2n) is 5.16. The van der Waals surface area contributed by atoms with Crippen LogP contribution in [0.25, 0.3) is 0 Å². The van der Waals surface area contributed by atoms with E-state index in [2.05, 4.69) is 4.98 Å². The van der Waals surface area contributed by atoms with Gasteiger partial charge in [0.2, 0.25) is 0 Å². The van der Waals surface area contributed by atoms with Gasteiger partial charge in [-0.15, -0.1) is 11.3 Å². The number of hydrogen-bond acceptors (Lipinski definition) is 5. The monoisotopic (exact) mass is 339 g/mol. The fourth-order valence-electron chi connectivity index (χ4n) is 2.14. The second kappa shape index (κ2) is 8.26. The van der Waals surface area contributed by atoms with E-state index in [1.54, 1.807) is 29.8 Å². The molecule has 0 saturated carbocycles. The Labute approximate surface area is 144 Å². The maximum Gasteiger partial charge on any atom is 0.338 e. The number of benzene rings is 2. The first-order valence-corrected chi connectivity index (χ1v) is 8.56. The van der Waals surface area contributed by atoms with Crippen molar-refractivity contribution in [1.82, 2.24) is 4.98 Å². The standard InChI is InChI=1S/C19H17NO3S/c21-19(22-11-10-15-4-2-1-3-5-15)16-6-8-18(9-7-16)23-12-17-13-24-14-20-17/h1-9,13-14H,10-12H2. The zero-order chi connectivity index (χ0) is 16.6. The van der Waals surface area contributed by atoms with E-state index < -0.39 is 0 Å². The summed E-state index contributed by atoms with van der Waals surface area (Å²) in [7, 11) is 0. The molecule has 0 N–H and O–H groups in total. The molecule has 0 atom stereocenters. The Morgan fingerprint density at radius 2 is 1.83 bits per heavy atom. The highest BCUT2D eigenvalue weighted by Crippen LogP contribution is 2.15. The summed E-state index contributed by atoms with van der Waals surface area (Å²) in [6.07, 6.45) is 0.710. The van der Waals surface area contributed by atoms with Crippen LogP contribution in [-0.2, 0) is 17.8 Å². The lowest BCUT2D eigenvalue weighted by Crippen LogP contribution is -2.08. The average Bonchev–Trinajstić information content (AvgIpc) is 3.15. The third-order valence-corrected chi connectivity index (χ3v) is 4.06. The molecule has 5 heteroatoms. The molecule has 3 rings (SSSR count). The van der Waals surface area contributed by atoms with Gasteiger partial charge in [-0.25, -0.2) is 9.78 Å². The average molecular weight is 339 g/mol. The molecule has 1 heterocycles. The van der Waals surface area contributed by atoms with Crippen LogP contribution in [0.5, 0.6) is 5.75 Å². The first-order valence-electron chi connectivity index (χ1n) is 7.62. The van der Waals surface area contributed by atoms with Crippen LogP contribution in [0, 0.1) is 0 Å². The number of carbonyl (C=O) groups is 1. The largest absolute Gasteiger partial charge is 0.487 e. The summed E-state index contributed by atoms with van der Waals surface area (Å²) in [4.78, 5) is 16.2. The van der Waals surface area contributed by atoms with E-state index in [-0.39, 0.29) is 5.97 Å². The SMILES string of the molecule is O=C(OCCc1ccccc1)c1ccc(OCc2cscn2)cc1. The number of esters is 1. The molecular formula is C19H17NO3S. The Hall–Kier alpha value is -2.66. The molecule has 0 saturated heterocycles. The number of hydrogen-bond donors (Lipinski definition) is 0. The Morgan fingerprint density at radius 3 is 2.54 bits per heavy atom. The highest BCUT2D eigenvalue weighted by Gasteiger charge is 2.07. The van der Waals surface area contributed by atoms with Crippen LogP contribution in [0.4, 0.5) is 0 Å². The van der Waals surface area contributed by atoms with Crippen LogP contribution in [0.1, 0.15) is 21.6 Å². The molecule has 0 spiro atoms. The van der Waals surface area contributed by atoms with Crippen LogP contribution in [0.15, 0.2) is 65.5 Å². The first kappa shape index (κ1) is 16.2. The summed E-state index contributed by atoms with van der Waals surface area (Å²) in [6, 6.07) is 16.9. The van der Waals surface area contributed by atoms with Crippen molar-refractivity contribution in [2.75, 3.05) is 6.61 Å². The van der Waals surface area contributed by atoms with E-state index in [9.17, 15) is 4.79 Å². The molecule has 0 fully saturated rings. The Kier molecular flexibility index (Phi) is 5.58. The van der Waals surface area contributed by atoms with Crippen LogP contribution in [0.2, 0.25) is 0 Å². The van der Waals surface area contributed by atoms with Crippen molar-refractivity contribution >= 4 is 17.3 Å². The molecule has 0 aliphatic heterocycles. The van der Waals surface area contributed by atoms with E-state index in [1.165, 1.54) is 11.3 Å². The van der Waals surface area contributed by atoms with Crippen LogP contribution >= 0.6 is 11.3 Å². The van der Waals surface area contributed by atoms with Gasteiger partial charge in [0.15, 0.2) is 0 Å². The van der Waals surface area contributed by atoms with Gasteiger partial charge in [-0.1, -0.05) is 30.3 Å². The number of nitrogens with zero attached hydrogens (tertiary/aromatic N) is 1. The summed E-state index contributed by atoms with van der Waals surface area (Å²) in [5, 5.41) is 1.94. The molecule has 0 aliphatic carbocycles. The van der Waals surface area contributed by atoms with Crippen molar-refractivity contribution < 1.29 is 14.3 Å². The van der Waals surface area contributed by atoms with Crippen molar-refractivity contribution in [2.24, 2.45) is 0 Å². The zero-order valence-corrected chi connectivity index (χ0v) is 13.9. The highest BCUT2D eigenvalue weighted by molar-refractivity contribution is 7.07. The fraction of sp³-hybridized carbons (Fsp3) is 0.158. The van der Waals surface area contributed by atoms with Gasteiger partial charge >= 0.3 is 5.97 Å². The number of carbonyl (C=O) groups excluding carboxylic acids is 1. The number of ether oxygens (including phenoxy) is 2. The quantitative estimate of drug-likeness (QED) is 0.608. The molecule has 0 bridgehead atoms. The molecule has 0 unspecified atom stereocenters. The number of thiazole rings is 1. The number of rotatable bonds is 7. The molecule has 122 valence electrons. The van der Waals surface area contributed by atoms with Crippen molar-refractivity contribution in [1.29, 1.82) is 0 Å². The summed E-state index contributed by atoms with van der Waals surface area (Å²) in [5.41, 5.74) is 4.33. The maximum absolute atomic E-state index is 12.0. The highest BCUT2D eigenvalue weighted by atomic mass is 32.1. The maximum atomic E-state index is 12.0. The molecule has 0 radical (unpaired) electrons. The molecule has 4 nitrogen and oxygen atoms in total. The summed E-state index contributed by atoms with van der Waals surface area (Å²) < 4.78 is 10.9. The van der Waals surface area contributed by atoms with Crippen molar-refractivity contribution in [2.45, 2.75) is 13.0 Å². The fourth-order valence-corrected chi connectivity index (χ4v) is 2.69. The molecule has 24 heavy (non-hydrogen) atoms. The van der Waals surface area contributed by atoms with Gasteiger partial charge in [0.25, 0.3) is 0 Å². The minimum atomic E-state index is -0.322. The summed E-state index contributed by atoms with van der Waals surface area (Å²) in [6.45, 7) is 0.787. The zero-order valence-electron chi connectivity index (χ0n) is 13.1. The molecule has 0 aliphatic rings. The molecule has 2 aromatic carbocycles. The van der Waals surface area contributed by atoms with Crippen LogP contribution in [-0.4, -0.2) is 17.6 Å². The third kappa shape index (κ3) is 4.67. The summed E-state index contributed by atoms with van der Waals surface area (Å²) in [5.74, 6) is 0.376. The molecule has 0 amide bonds. The van der Waals surface area contributed by atoms with Gasteiger partial charge in [0, 0.05) is 11.8 Å². The van der Waals surface area contributed by atoms with Gasteiger partial charge in [-0.05, 0) is 29.8 Å². The Bertz CT molecular complexity index is 755. The Balaban J connectivity index is 1.46. The lowest BCUT2D eigenvalue weighted by atomic mass is 10.2. The minimum absolute atomic E-state index is 0.322. The number of aromatic nitrogens is 1. The van der Waals surface area contributed by atoms with Crippen molar-refractivity contribution in [3.63, 3.8) is 0 Å². The second-order valence-corrected chi connectivity index (χ2v) is 5.88. The minimum Gasteiger partial charge on any atom is -0.487 e. The predicted octanol–water partition coefficient (Wildman–Crippen LogP) is 4.12. The van der Waals surface area contributed by atoms with Gasteiger partial charge in [0.05, 0.1) is 23.4 Å². The predicted molar refractivity (Wildman–Crippen MR) is 93.3 cm³/mol. The smallest absolute Gasteiger partial charge is 0.338 e. The van der Waals surface area contributed by atoms with Gasteiger partial charge in [-0.3, -0.25) is 0 Å². The molecule has 1 aromatic heterocycles. The van der Waals surface area contributed by atoms with Gasteiger partial charge < -0.3 is 9.47 Å². The van der Waals surface area contributed by atoms with E-state index in [1.807, 2.05) is 35.7 Å². The lowest BCUT2D eigenvalue weighted by Gasteiger charge is -2.07. The molecular weight excluding hydrogens is 322 g/mol. The van der Waals surface area contributed by atoms with Crippen LogP contribution in [0.3, 0.4) is 0 Å².